The number of nitrogens with zero attached hydrogens (tertiary/aromatic N) is 3. The number of nitrogens with one attached hydrogen (secondary N) is 2. The maximum absolute atomic E-state index is 13.2. The Bertz CT molecular complexity index is 999. The van der Waals surface area contributed by atoms with Gasteiger partial charge in [-0.1, -0.05) is 23.7 Å². The maximum atomic E-state index is 13.2. The number of carbonyl (C=O) groups is 1. The van der Waals surface area contributed by atoms with Gasteiger partial charge in [0.1, 0.15) is 0 Å². The average molecular weight is 452 g/mol. The molecule has 6 nitrogen and oxygen atoms in total. The maximum Gasteiger partial charge on any atom is 0.276 e. The summed E-state index contributed by atoms with van der Waals surface area (Å²) in [6.45, 7) is 1.83. The van der Waals surface area contributed by atoms with Crippen molar-refractivity contribution in [3.8, 4) is 0 Å². The number of rotatable bonds is 5. The predicted octanol–water partition coefficient (Wildman–Crippen LogP) is 5.36. The van der Waals surface area contributed by atoms with E-state index in [1.165, 1.54) is 44.7 Å². The molecule has 4 aliphatic carbocycles. The van der Waals surface area contributed by atoms with E-state index in [9.17, 15) is 4.79 Å². The monoisotopic (exact) mass is 451 g/mol. The van der Waals surface area contributed by atoms with Crippen LogP contribution in [0, 0.1) is 17.8 Å². The van der Waals surface area contributed by atoms with Gasteiger partial charge in [0.2, 0.25) is 5.95 Å². The van der Waals surface area contributed by atoms with Crippen molar-refractivity contribution in [2.75, 3.05) is 28.6 Å². The van der Waals surface area contributed by atoms with Crippen LogP contribution in [0.1, 0.15) is 61.9 Å². The Morgan fingerprint density at radius 2 is 1.62 bits per heavy atom. The van der Waals surface area contributed by atoms with Crippen LogP contribution < -0.4 is 15.5 Å². The summed E-state index contributed by atoms with van der Waals surface area (Å²) in [5.74, 6) is 2.87. The van der Waals surface area contributed by atoms with Gasteiger partial charge in [-0.2, -0.15) is 0 Å². The van der Waals surface area contributed by atoms with Gasteiger partial charge in [-0.05, 0) is 81.3 Å². The van der Waals surface area contributed by atoms with Crippen LogP contribution in [0.4, 0.5) is 17.3 Å². The van der Waals surface area contributed by atoms with Crippen LogP contribution in [0.2, 0.25) is 5.02 Å². The van der Waals surface area contributed by atoms with Crippen LogP contribution in [0.3, 0.4) is 0 Å². The molecule has 0 spiro atoms. The first-order valence-electron chi connectivity index (χ1n) is 12.0. The molecule has 1 aliphatic heterocycles. The summed E-state index contributed by atoms with van der Waals surface area (Å²) in [5, 5.41) is 7.24. The molecule has 5 fully saturated rings. The van der Waals surface area contributed by atoms with Crippen molar-refractivity contribution in [2.45, 2.75) is 56.9 Å². The van der Waals surface area contributed by atoms with Gasteiger partial charge in [0.05, 0.1) is 22.6 Å². The molecule has 1 aromatic heterocycles. The molecule has 168 valence electrons. The molecular formula is C25H30ClN5O. The second-order valence-corrected chi connectivity index (χ2v) is 10.8. The number of para-hydroxylation sites is 2. The molecule has 4 saturated carbocycles. The lowest BCUT2D eigenvalue weighted by Gasteiger charge is -2.57. The average Bonchev–Trinajstić information content (AvgIpc) is 3.29. The van der Waals surface area contributed by atoms with Crippen molar-refractivity contribution in [3.05, 3.63) is 41.2 Å². The minimum Gasteiger partial charge on any atom is -0.378 e. The highest BCUT2D eigenvalue weighted by molar-refractivity contribution is 6.34. The summed E-state index contributed by atoms with van der Waals surface area (Å²) in [6, 6.07) is 8.02. The SMILES string of the molecule is O=C(Nc1ccccc1NC12CC3CC(CC(C3)C1)C2)c1nc(N2CCCC2)ncc1Cl. The standard InChI is InChI=1S/C25H30ClN5O/c26-19-15-27-24(31-7-3-4-8-31)29-22(19)23(32)28-20-5-1-2-6-21(20)30-25-12-16-9-17(13-25)11-18(10-16)14-25/h1-2,5-6,15-18,30H,3-4,7-14H2,(H,28,32). The third kappa shape index (κ3) is 3.72. The van der Waals surface area contributed by atoms with E-state index < -0.39 is 0 Å². The van der Waals surface area contributed by atoms with Crippen molar-refractivity contribution >= 4 is 34.8 Å². The fourth-order valence-electron chi connectivity index (χ4n) is 7.02. The van der Waals surface area contributed by atoms with Crippen LogP contribution in [0.15, 0.2) is 30.5 Å². The first-order chi connectivity index (χ1) is 15.6. The Balaban J connectivity index is 1.23. The van der Waals surface area contributed by atoms with Gasteiger partial charge in [0.15, 0.2) is 5.69 Å². The quantitative estimate of drug-likeness (QED) is 0.640. The third-order valence-corrected chi connectivity index (χ3v) is 8.23. The number of anilines is 3. The van der Waals surface area contributed by atoms with Gasteiger partial charge in [0.25, 0.3) is 5.91 Å². The van der Waals surface area contributed by atoms with Gasteiger partial charge in [-0.25, -0.2) is 9.97 Å². The number of aromatic nitrogens is 2. The summed E-state index contributed by atoms with van der Waals surface area (Å²) >= 11 is 6.33. The molecule has 2 N–H and O–H groups in total. The second-order valence-electron chi connectivity index (χ2n) is 10.4. The van der Waals surface area contributed by atoms with Gasteiger partial charge in [-0.3, -0.25) is 4.79 Å². The highest BCUT2D eigenvalue weighted by Crippen LogP contribution is 2.56. The Labute approximate surface area is 194 Å². The van der Waals surface area contributed by atoms with Gasteiger partial charge >= 0.3 is 0 Å². The molecular weight excluding hydrogens is 422 g/mol. The Morgan fingerprint density at radius 1 is 1.00 bits per heavy atom. The predicted molar refractivity (Wildman–Crippen MR) is 127 cm³/mol. The highest BCUT2D eigenvalue weighted by Gasteiger charge is 2.51. The zero-order valence-corrected chi connectivity index (χ0v) is 19.1. The van der Waals surface area contributed by atoms with Crippen LogP contribution in [0.5, 0.6) is 0 Å². The Hall–Kier alpha value is -2.34. The van der Waals surface area contributed by atoms with Crippen molar-refractivity contribution in [3.63, 3.8) is 0 Å². The topological polar surface area (TPSA) is 70.2 Å². The van der Waals surface area contributed by atoms with Gasteiger partial charge in [0, 0.05) is 18.6 Å². The smallest absolute Gasteiger partial charge is 0.276 e. The highest BCUT2D eigenvalue weighted by atomic mass is 35.5. The molecule has 4 bridgehead atoms. The molecule has 2 aromatic rings. The fraction of sp³-hybridized carbons (Fsp3) is 0.560. The lowest BCUT2D eigenvalue weighted by molar-refractivity contribution is 0.0107. The second kappa shape index (κ2) is 7.91. The molecule has 7 heteroatoms. The summed E-state index contributed by atoms with van der Waals surface area (Å²) in [7, 11) is 0. The number of benzene rings is 1. The van der Waals surface area contributed by atoms with E-state index in [0.717, 1.165) is 55.1 Å². The molecule has 7 rings (SSSR count). The van der Waals surface area contributed by atoms with E-state index in [1.54, 1.807) is 0 Å². The van der Waals surface area contributed by atoms with Crippen molar-refractivity contribution in [2.24, 2.45) is 17.8 Å². The minimum absolute atomic E-state index is 0.172. The normalized spacial score (nSPS) is 30.5. The molecule has 5 aliphatic rings. The minimum atomic E-state index is -0.294. The van der Waals surface area contributed by atoms with Crippen LogP contribution >= 0.6 is 11.6 Å². The van der Waals surface area contributed by atoms with Gasteiger partial charge in [-0.15, -0.1) is 0 Å². The molecule has 1 saturated heterocycles. The van der Waals surface area contributed by atoms with Crippen LogP contribution in [-0.2, 0) is 0 Å². The molecule has 32 heavy (non-hydrogen) atoms. The van der Waals surface area contributed by atoms with Crippen LogP contribution in [0.25, 0.3) is 0 Å². The van der Waals surface area contributed by atoms with Crippen molar-refractivity contribution < 1.29 is 4.79 Å². The third-order valence-electron chi connectivity index (χ3n) is 7.95. The van der Waals surface area contributed by atoms with E-state index in [1.807, 2.05) is 18.2 Å². The summed E-state index contributed by atoms with van der Waals surface area (Å²) in [4.78, 5) is 24.1. The number of halogens is 1. The fourth-order valence-corrected chi connectivity index (χ4v) is 7.20. The number of amides is 1. The van der Waals surface area contributed by atoms with E-state index in [-0.39, 0.29) is 22.2 Å². The Kier molecular flexibility index (Phi) is 5.01. The van der Waals surface area contributed by atoms with Crippen molar-refractivity contribution in [1.82, 2.24) is 9.97 Å². The summed E-state index contributed by atoms with van der Waals surface area (Å²) < 4.78 is 0. The van der Waals surface area contributed by atoms with E-state index in [2.05, 4.69) is 31.6 Å². The zero-order valence-electron chi connectivity index (χ0n) is 18.3. The zero-order chi connectivity index (χ0) is 21.7. The van der Waals surface area contributed by atoms with Gasteiger partial charge < -0.3 is 15.5 Å². The first kappa shape index (κ1) is 20.3. The molecule has 0 atom stereocenters. The Morgan fingerprint density at radius 3 is 2.28 bits per heavy atom. The first-order valence-corrected chi connectivity index (χ1v) is 12.4. The molecule has 2 heterocycles. The lowest BCUT2D eigenvalue weighted by Crippen LogP contribution is -2.54. The number of hydrogen-bond donors (Lipinski definition) is 2. The molecule has 1 aromatic carbocycles. The van der Waals surface area contributed by atoms with E-state index in [4.69, 9.17) is 11.6 Å². The van der Waals surface area contributed by atoms with Crippen molar-refractivity contribution in [1.29, 1.82) is 0 Å². The largest absolute Gasteiger partial charge is 0.378 e. The van der Waals surface area contributed by atoms with Crippen LogP contribution in [-0.4, -0.2) is 34.5 Å². The number of hydrogen-bond acceptors (Lipinski definition) is 5. The summed E-state index contributed by atoms with van der Waals surface area (Å²) in [6.07, 6.45) is 11.7. The summed E-state index contributed by atoms with van der Waals surface area (Å²) in [5.41, 5.74) is 2.18. The van der Waals surface area contributed by atoms with E-state index >= 15 is 0 Å². The van der Waals surface area contributed by atoms with E-state index in [0.29, 0.717) is 5.95 Å². The molecule has 0 radical (unpaired) electrons. The molecule has 1 amide bonds. The number of carbonyl (C=O) groups excluding carboxylic acids is 1. The lowest BCUT2D eigenvalue weighted by atomic mass is 9.53. The molecule has 0 unspecified atom stereocenters.